The van der Waals surface area contributed by atoms with Crippen LogP contribution in [-0.2, 0) is 12.6 Å². The second kappa shape index (κ2) is 14.0. The first-order valence-electron chi connectivity index (χ1n) is 14.5. The number of halogens is 3. The molecule has 0 saturated carbocycles. The Labute approximate surface area is 250 Å². The van der Waals surface area contributed by atoms with Gasteiger partial charge in [-0.2, -0.15) is 25.8 Å². The number of nitrogens with zero attached hydrogens (tertiary/aromatic N) is 2. The standard InChI is InChI=1S/C26H31F3N2O2.C6H14.CH4S/c1-14(2)23-22(24(33)17-10-9-16(13-30-17)26(27,28)29)20(15-7-5-6-8-15)21-18(31-23)11-25(3,4)12-19(21)32;1-5-6(2,3)4;1-2/h7,9-10,13-14,19,24,32-33H,5-6,8,11-12H2,1-4H3;5H2,1-4H3;2H,1H3. The molecule has 8 heteroatoms. The number of allylic oxidation sites excluding steroid dienone is 2. The highest BCUT2D eigenvalue weighted by atomic mass is 32.1. The molecule has 4 nitrogen and oxygen atoms in total. The van der Waals surface area contributed by atoms with E-state index < -0.39 is 23.9 Å². The molecule has 2 heterocycles. The zero-order chi connectivity index (χ0) is 31.3. The third kappa shape index (κ3) is 9.04. The number of rotatable bonds is 4. The zero-order valence-corrected chi connectivity index (χ0v) is 27.0. The number of pyridine rings is 2. The summed E-state index contributed by atoms with van der Waals surface area (Å²) in [6.07, 6.45) is 3.42. The van der Waals surface area contributed by atoms with Crippen LogP contribution in [-0.4, -0.2) is 26.4 Å². The summed E-state index contributed by atoms with van der Waals surface area (Å²) >= 11 is 3.53. The molecule has 2 aliphatic rings. The van der Waals surface area contributed by atoms with E-state index in [9.17, 15) is 23.4 Å². The van der Waals surface area contributed by atoms with Crippen molar-refractivity contribution in [3.05, 3.63) is 63.7 Å². The van der Waals surface area contributed by atoms with Crippen LogP contribution in [0.2, 0.25) is 0 Å². The molecule has 2 aromatic rings. The Morgan fingerprint density at radius 2 is 1.73 bits per heavy atom. The summed E-state index contributed by atoms with van der Waals surface area (Å²) in [6.45, 7) is 17.1. The summed E-state index contributed by atoms with van der Waals surface area (Å²) in [5.74, 6) is -0.0302. The maximum absolute atomic E-state index is 13.0. The van der Waals surface area contributed by atoms with Gasteiger partial charge in [-0.1, -0.05) is 67.9 Å². The monoisotopic (exact) mass is 594 g/mol. The van der Waals surface area contributed by atoms with Gasteiger partial charge in [-0.3, -0.25) is 9.97 Å². The Morgan fingerprint density at radius 1 is 1.12 bits per heavy atom. The van der Waals surface area contributed by atoms with Crippen LogP contribution < -0.4 is 0 Å². The molecule has 230 valence electrons. The fraction of sp³-hybridized carbons (Fsp3) is 0.636. The van der Waals surface area contributed by atoms with Gasteiger partial charge < -0.3 is 10.2 Å². The number of thiol groups is 1. The highest BCUT2D eigenvalue weighted by molar-refractivity contribution is 7.79. The number of fused-ring (bicyclic) bond motifs is 1. The topological polar surface area (TPSA) is 66.2 Å². The zero-order valence-electron chi connectivity index (χ0n) is 26.2. The van der Waals surface area contributed by atoms with Crippen LogP contribution in [0, 0.1) is 10.8 Å². The molecule has 0 aliphatic heterocycles. The normalized spacial score (nSPS) is 18.9. The summed E-state index contributed by atoms with van der Waals surface area (Å²) in [6, 6.07) is 2.17. The van der Waals surface area contributed by atoms with Crippen LogP contribution >= 0.6 is 12.6 Å². The molecule has 0 spiro atoms. The molecular weight excluding hydrogens is 545 g/mol. The van der Waals surface area contributed by atoms with Crippen LogP contribution in [0.4, 0.5) is 13.2 Å². The number of aromatic nitrogens is 2. The fourth-order valence-corrected chi connectivity index (χ4v) is 5.17. The SMILES string of the molecule is CC(C)c1nc2c(c(C3=CCCC3)c1C(O)c1ccc(C(F)(F)F)cn1)C(O)CC(C)(C)C2.CCC(C)(C)C.CS. The predicted octanol–water partition coefficient (Wildman–Crippen LogP) is 9.26. The van der Waals surface area contributed by atoms with Crippen molar-refractivity contribution in [2.75, 3.05) is 6.26 Å². The molecule has 2 aromatic heterocycles. The first kappa shape index (κ1) is 35.3. The largest absolute Gasteiger partial charge is 0.417 e. The number of hydrogen-bond acceptors (Lipinski definition) is 5. The molecule has 2 unspecified atom stereocenters. The molecule has 41 heavy (non-hydrogen) atoms. The molecule has 0 fully saturated rings. The van der Waals surface area contributed by atoms with Crippen molar-refractivity contribution in [2.24, 2.45) is 10.8 Å². The molecular formula is C33H49F3N2O2S. The summed E-state index contributed by atoms with van der Waals surface area (Å²) in [7, 11) is 0. The van der Waals surface area contributed by atoms with E-state index in [0.29, 0.717) is 29.5 Å². The van der Waals surface area contributed by atoms with E-state index >= 15 is 0 Å². The predicted molar refractivity (Wildman–Crippen MR) is 165 cm³/mol. The minimum Gasteiger partial charge on any atom is -0.388 e. The van der Waals surface area contributed by atoms with E-state index in [0.717, 1.165) is 53.9 Å². The smallest absolute Gasteiger partial charge is 0.388 e. The van der Waals surface area contributed by atoms with Crippen molar-refractivity contribution in [3.63, 3.8) is 0 Å². The van der Waals surface area contributed by atoms with Gasteiger partial charge in [0.2, 0.25) is 0 Å². The number of aliphatic hydroxyl groups is 2. The van der Waals surface area contributed by atoms with Crippen LogP contribution in [0.15, 0.2) is 24.4 Å². The van der Waals surface area contributed by atoms with Crippen LogP contribution in [0.5, 0.6) is 0 Å². The molecule has 0 radical (unpaired) electrons. The van der Waals surface area contributed by atoms with Crippen molar-refractivity contribution in [2.45, 2.75) is 118 Å². The molecule has 0 aromatic carbocycles. The van der Waals surface area contributed by atoms with Gasteiger partial charge in [0.25, 0.3) is 0 Å². The summed E-state index contributed by atoms with van der Waals surface area (Å²) in [5, 5.41) is 22.6. The summed E-state index contributed by atoms with van der Waals surface area (Å²) in [4.78, 5) is 8.90. The lowest BCUT2D eigenvalue weighted by atomic mass is 9.71. The fourth-order valence-electron chi connectivity index (χ4n) is 5.17. The van der Waals surface area contributed by atoms with E-state index in [2.05, 4.69) is 65.2 Å². The molecule has 2 N–H and O–H groups in total. The van der Waals surface area contributed by atoms with Crippen molar-refractivity contribution < 1.29 is 23.4 Å². The highest BCUT2D eigenvalue weighted by Gasteiger charge is 2.38. The second-order valence-corrected chi connectivity index (χ2v) is 13.3. The Bertz CT molecular complexity index is 1180. The van der Waals surface area contributed by atoms with Gasteiger partial charge in [0.1, 0.15) is 6.10 Å². The third-order valence-electron chi connectivity index (χ3n) is 7.74. The average Bonchev–Trinajstić information content (AvgIpc) is 3.42. The lowest BCUT2D eigenvalue weighted by Crippen LogP contribution is -2.29. The van der Waals surface area contributed by atoms with Gasteiger partial charge in [0.15, 0.2) is 0 Å². The van der Waals surface area contributed by atoms with E-state index in [1.54, 1.807) is 6.26 Å². The van der Waals surface area contributed by atoms with Crippen molar-refractivity contribution >= 4 is 18.2 Å². The van der Waals surface area contributed by atoms with E-state index in [-0.39, 0.29) is 17.0 Å². The van der Waals surface area contributed by atoms with E-state index in [4.69, 9.17) is 4.98 Å². The first-order chi connectivity index (χ1) is 18.9. The van der Waals surface area contributed by atoms with Crippen molar-refractivity contribution in [1.82, 2.24) is 9.97 Å². The number of alkyl halides is 3. The maximum Gasteiger partial charge on any atom is 0.417 e. The average molecular weight is 595 g/mol. The van der Waals surface area contributed by atoms with Crippen LogP contribution in [0.25, 0.3) is 5.57 Å². The van der Waals surface area contributed by atoms with Gasteiger partial charge in [0, 0.05) is 23.0 Å². The highest BCUT2D eigenvalue weighted by Crippen LogP contribution is 2.48. The summed E-state index contributed by atoms with van der Waals surface area (Å²) in [5.41, 5.74) is 4.46. The molecule has 2 aliphatic carbocycles. The van der Waals surface area contributed by atoms with Gasteiger partial charge in [0.05, 0.1) is 23.1 Å². The van der Waals surface area contributed by atoms with Gasteiger partial charge in [-0.25, -0.2) is 0 Å². The second-order valence-electron chi connectivity index (χ2n) is 13.3. The van der Waals surface area contributed by atoms with E-state index in [1.807, 2.05) is 13.8 Å². The van der Waals surface area contributed by atoms with Crippen molar-refractivity contribution in [1.29, 1.82) is 0 Å². The third-order valence-corrected chi connectivity index (χ3v) is 7.74. The minimum atomic E-state index is -4.50. The lowest BCUT2D eigenvalue weighted by molar-refractivity contribution is -0.137. The van der Waals surface area contributed by atoms with Crippen molar-refractivity contribution in [3.8, 4) is 0 Å². The maximum atomic E-state index is 13.0. The Kier molecular flexibility index (Phi) is 12.1. The molecule has 0 amide bonds. The van der Waals surface area contributed by atoms with Gasteiger partial charge in [-0.15, -0.1) is 0 Å². The van der Waals surface area contributed by atoms with Gasteiger partial charge in [-0.05, 0) is 78.4 Å². The first-order valence-corrected chi connectivity index (χ1v) is 15.4. The Morgan fingerprint density at radius 3 is 2.17 bits per heavy atom. The Balaban J connectivity index is 0.000000654. The molecule has 0 bridgehead atoms. The number of hydrogen-bond donors (Lipinski definition) is 3. The number of aliphatic hydroxyl groups excluding tert-OH is 2. The van der Waals surface area contributed by atoms with E-state index in [1.165, 1.54) is 12.5 Å². The Hall–Kier alpha value is -1.90. The van der Waals surface area contributed by atoms with Crippen LogP contribution in [0.1, 0.15) is 145 Å². The molecule has 2 atom stereocenters. The quantitative estimate of drug-likeness (QED) is 0.309. The minimum absolute atomic E-state index is 0.0302. The van der Waals surface area contributed by atoms with Gasteiger partial charge >= 0.3 is 6.18 Å². The molecule has 0 saturated heterocycles. The summed E-state index contributed by atoms with van der Waals surface area (Å²) < 4.78 is 39.1. The van der Waals surface area contributed by atoms with Crippen LogP contribution in [0.3, 0.4) is 0 Å². The lowest BCUT2D eigenvalue weighted by Gasteiger charge is -2.37. The molecule has 4 rings (SSSR count).